The molecular formula is C16H17ClN6O2. The number of ether oxygens (including phenoxy) is 2. The van der Waals surface area contributed by atoms with E-state index in [1.165, 1.54) is 0 Å². The average Bonchev–Trinajstić information content (AvgIpc) is 3.08. The highest BCUT2D eigenvalue weighted by Gasteiger charge is 2.30. The summed E-state index contributed by atoms with van der Waals surface area (Å²) in [5.41, 5.74) is 0.0396. The van der Waals surface area contributed by atoms with Gasteiger partial charge in [-0.3, -0.25) is 0 Å². The summed E-state index contributed by atoms with van der Waals surface area (Å²) in [6.45, 7) is 2.13. The van der Waals surface area contributed by atoms with Crippen molar-refractivity contribution in [3.8, 4) is 17.6 Å². The third-order valence-electron chi connectivity index (χ3n) is 3.94. The smallest absolute Gasteiger partial charge is 0.231 e. The molecule has 2 aromatic rings. The third kappa shape index (κ3) is 3.67. The van der Waals surface area contributed by atoms with E-state index in [1.54, 1.807) is 7.05 Å². The van der Waals surface area contributed by atoms with E-state index in [2.05, 4.69) is 31.7 Å². The maximum atomic E-state index is 9.80. The van der Waals surface area contributed by atoms with Crippen molar-refractivity contribution in [2.45, 2.75) is 25.3 Å². The Bertz CT molecular complexity index is 825. The molecule has 1 aliphatic heterocycles. The number of benzene rings is 1. The fourth-order valence-electron chi connectivity index (χ4n) is 2.54. The Morgan fingerprint density at radius 3 is 2.72 bits per heavy atom. The van der Waals surface area contributed by atoms with Gasteiger partial charge in [-0.15, -0.1) is 0 Å². The molecule has 1 aromatic heterocycles. The van der Waals surface area contributed by atoms with Crippen molar-refractivity contribution in [3.63, 3.8) is 0 Å². The molecule has 2 N–H and O–H groups in total. The maximum absolute atomic E-state index is 9.80. The minimum atomic E-state index is -0.899. The monoisotopic (exact) mass is 360 g/mol. The van der Waals surface area contributed by atoms with Gasteiger partial charge in [-0.1, -0.05) is 13.0 Å². The largest absolute Gasteiger partial charge is 0.454 e. The van der Waals surface area contributed by atoms with E-state index in [0.717, 1.165) is 5.56 Å². The van der Waals surface area contributed by atoms with Crippen LogP contribution >= 0.6 is 11.6 Å². The summed E-state index contributed by atoms with van der Waals surface area (Å²) in [6.07, 6.45) is 0.977. The van der Waals surface area contributed by atoms with Gasteiger partial charge in [0.2, 0.25) is 24.0 Å². The number of halogens is 1. The Morgan fingerprint density at radius 1 is 1.24 bits per heavy atom. The zero-order valence-electron chi connectivity index (χ0n) is 13.8. The number of hydrogen-bond donors (Lipinski definition) is 2. The van der Waals surface area contributed by atoms with Crippen LogP contribution in [0.4, 0.5) is 11.9 Å². The lowest BCUT2D eigenvalue weighted by Gasteiger charge is -2.27. The molecule has 1 aliphatic rings. The fourth-order valence-corrected chi connectivity index (χ4v) is 2.70. The minimum absolute atomic E-state index is 0.0490. The van der Waals surface area contributed by atoms with Crippen LogP contribution in [0.25, 0.3) is 0 Å². The van der Waals surface area contributed by atoms with Crippen molar-refractivity contribution in [1.29, 1.82) is 5.26 Å². The molecule has 0 saturated carbocycles. The van der Waals surface area contributed by atoms with E-state index in [1.807, 2.05) is 25.1 Å². The lowest BCUT2D eigenvalue weighted by atomic mass is 9.89. The van der Waals surface area contributed by atoms with Gasteiger partial charge in [0, 0.05) is 13.5 Å². The molecule has 130 valence electrons. The zero-order chi connectivity index (χ0) is 17.9. The molecular weight excluding hydrogens is 344 g/mol. The second kappa shape index (κ2) is 6.99. The van der Waals surface area contributed by atoms with Gasteiger partial charge in [-0.25, -0.2) is 0 Å². The van der Waals surface area contributed by atoms with Crippen molar-refractivity contribution in [2.75, 3.05) is 24.5 Å². The van der Waals surface area contributed by atoms with Gasteiger partial charge in [0.25, 0.3) is 0 Å². The highest BCUT2D eigenvalue weighted by molar-refractivity contribution is 6.28. The number of hydrogen-bond acceptors (Lipinski definition) is 8. The molecule has 0 spiro atoms. The Kier molecular flexibility index (Phi) is 4.76. The van der Waals surface area contributed by atoms with Crippen LogP contribution < -0.4 is 20.1 Å². The highest BCUT2D eigenvalue weighted by Crippen LogP contribution is 2.34. The van der Waals surface area contributed by atoms with Crippen LogP contribution in [0.1, 0.15) is 18.9 Å². The average molecular weight is 361 g/mol. The first-order valence-corrected chi connectivity index (χ1v) is 8.12. The quantitative estimate of drug-likeness (QED) is 0.809. The van der Waals surface area contributed by atoms with Crippen molar-refractivity contribution >= 4 is 23.5 Å². The number of nitrogens with zero attached hydrogens (tertiary/aromatic N) is 4. The van der Waals surface area contributed by atoms with Crippen molar-refractivity contribution in [3.05, 3.63) is 29.0 Å². The van der Waals surface area contributed by atoms with Crippen LogP contribution in [-0.2, 0) is 6.42 Å². The first-order valence-electron chi connectivity index (χ1n) is 7.75. The first kappa shape index (κ1) is 17.0. The van der Waals surface area contributed by atoms with Gasteiger partial charge >= 0.3 is 0 Å². The summed E-state index contributed by atoms with van der Waals surface area (Å²) in [4.78, 5) is 12.2. The molecule has 3 rings (SSSR count). The molecule has 0 fully saturated rings. The van der Waals surface area contributed by atoms with Crippen LogP contribution in [0.15, 0.2) is 18.2 Å². The van der Waals surface area contributed by atoms with E-state index in [-0.39, 0.29) is 18.0 Å². The van der Waals surface area contributed by atoms with Gasteiger partial charge in [0.15, 0.2) is 11.5 Å². The molecule has 0 saturated heterocycles. The standard InChI is InChI=1S/C16H17ClN6O2/c1-3-16(8-18,23-15-21-13(17)20-14(19-2)22-15)7-10-4-5-11-12(6-10)25-9-24-11/h4-6H,3,7,9H2,1-2H3,(H2,19,20,21,22,23). The summed E-state index contributed by atoms with van der Waals surface area (Å²) in [7, 11) is 1.68. The normalized spacial score (nSPS) is 14.5. The molecule has 0 amide bonds. The SMILES string of the molecule is CCC(C#N)(Cc1ccc2c(c1)OCO2)Nc1nc(Cl)nc(NC)n1. The Balaban J connectivity index is 1.86. The molecule has 0 aliphatic carbocycles. The number of rotatable bonds is 6. The number of aromatic nitrogens is 3. The van der Waals surface area contributed by atoms with Gasteiger partial charge < -0.3 is 20.1 Å². The van der Waals surface area contributed by atoms with Gasteiger partial charge in [-0.05, 0) is 35.7 Å². The van der Waals surface area contributed by atoms with Crippen molar-refractivity contribution in [2.24, 2.45) is 0 Å². The molecule has 25 heavy (non-hydrogen) atoms. The van der Waals surface area contributed by atoms with Crippen LogP contribution in [0.2, 0.25) is 5.28 Å². The predicted molar refractivity (Wildman–Crippen MR) is 92.9 cm³/mol. The molecule has 9 heteroatoms. The second-order valence-electron chi connectivity index (χ2n) is 5.54. The lowest BCUT2D eigenvalue weighted by Crippen LogP contribution is -2.39. The van der Waals surface area contributed by atoms with Crippen LogP contribution in [0, 0.1) is 11.3 Å². The van der Waals surface area contributed by atoms with Crippen LogP contribution in [0.3, 0.4) is 0 Å². The van der Waals surface area contributed by atoms with Crippen LogP contribution in [0.5, 0.6) is 11.5 Å². The van der Waals surface area contributed by atoms with Crippen molar-refractivity contribution in [1.82, 2.24) is 15.0 Å². The number of anilines is 2. The Hall–Kier alpha value is -2.79. The fraction of sp³-hybridized carbons (Fsp3) is 0.375. The summed E-state index contributed by atoms with van der Waals surface area (Å²) in [6, 6.07) is 7.97. The molecule has 1 atom stereocenters. The molecule has 2 heterocycles. The summed E-state index contributed by atoms with van der Waals surface area (Å²) in [5, 5.41) is 15.8. The zero-order valence-corrected chi connectivity index (χ0v) is 14.6. The molecule has 1 aromatic carbocycles. The van der Waals surface area contributed by atoms with Gasteiger partial charge in [-0.2, -0.15) is 20.2 Å². The number of nitriles is 1. The minimum Gasteiger partial charge on any atom is -0.454 e. The van der Waals surface area contributed by atoms with E-state index in [9.17, 15) is 5.26 Å². The topological polar surface area (TPSA) is 105 Å². The van der Waals surface area contributed by atoms with E-state index in [4.69, 9.17) is 21.1 Å². The van der Waals surface area contributed by atoms with E-state index >= 15 is 0 Å². The highest BCUT2D eigenvalue weighted by atomic mass is 35.5. The molecule has 0 radical (unpaired) electrons. The predicted octanol–water partition coefficient (Wildman–Crippen LogP) is 2.62. The maximum Gasteiger partial charge on any atom is 0.231 e. The lowest BCUT2D eigenvalue weighted by molar-refractivity contribution is 0.174. The van der Waals surface area contributed by atoms with Gasteiger partial charge in [0.1, 0.15) is 5.54 Å². The molecule has 0 bridgehead atoms. The van der Waals surface area contributed by atoms with Crippen molar-refractivity contribution < 1.29 is 9.47 Å². The summed E-state index contributed by atoms with van der Waals surface area (Å²) < 4.78 is 10.7. The number of fused-ring (bicyclic) bond motifs is 1. The molecule has 8 nitrogen and oxygen atoms in total. The van der Waals surface area contributed by atoms with E-state index in [0.29, 0.717) is 30.3 Å². The third-order valence-corrected chi connectivity index (χ3v) is 4.11. The van der Waals surface area contributed by atoms with Gasteiger partial charge in [0.05, 0.1) is 6.07 Å². The molecule has 1 unspecified atom stereocenters. The van der Waals surface area contributed by atoms with E-state index < -0.39 is 5.54 Å². The number of nitrogens with one attached hydrogen (secondary N) is 2. The Labute approximate surface area is 150 Å². The first-order chi connectivity index (χ1) is 12.1. The Morgan fingerprint density at radius 2 is 2.00 bits per heavy atom. The summed E-state index contributed by atoms with van der Waals surface area (Å²) in [5.74, 6) is 1.96. The second-order valence-corrected chi connectivity index (χ2v) is 5.88. The van der Waals surface area contributed by atoms with Crippen LogP contribution in [-0.4, -0.2) is 34.3 Å². The summed E-state index contributed by atoms with van der Waals surface area (Å²) >= 11 is 5.91.